The van der Waals surface area contributed by atoms with Crippen molar-refractivity contribution in [2.75, 3.05) is 0 Å². The van der Waals surface area contributed by atoms with Crippen LogP contribution in [-0.2, 0) is 6.61 Å². The van der Waals surface area contributed by atoms with Gasteiger partial charge in [0.2, 0.25) is 0 Å². The molecule has 106 valence electrons. The summed E-state index contributed by atoms with van der Waals surface area (Å²) in [7, 11) is 0. The summed E-state index contributed by atoms with van der Waals surface area (Å²) in [5, 5.41) is 26.2. The van der Waals surface area contributed by atoms with Crippen LogP contribution >= 0.6 is 0 Å². The number of phenols is 1. The third-order valence-corrected chi connectivity index (χ3v) is 2.91. The van der Waals surface area contributed by atoms with Crippen molar-refractivity contribution in [2.24, 2.45) is 0 Å². The summed E-state index contributed by atoms with van der Waals surface area (Å²) in [5.74, 6) is 0.141. The molecule has 0 atom stereocenters. The van der Waals surface area contributed by atoms with E-state index in [0.717, 1.165) is 0 Å². The van der Waals surface area contributed by atoms with E-state index in [9.17, 15) is 9.90 Å². The van der Waals surface area contributed by atoms with E-state index in [-0.39, 0.29) is 17.9 Å². The van der Waals surface area contributed by atoms with Crippen LogP contribution in [0, 0.1) is 0 Å². The first kappa shape index (κ1) is 12.9. The number of carbonyl (C=O) groups is 1. The molecule has 0 fully saturated rings. The molecule has 3 rings (SSSR count). The van der Waals surface area contributed by atoms with Crippen LogP contribution in [0.5, 0.6) is 11.5 Å². The van der Waals surface area contributed by atoms with Gasteiger partial charge in [-0.15, -0.1) is 10.2 Å². The molecule has 0 saturated carbocycles. The van der Waals surface area contributed by atoms with Crippen LogP contribution in [0.3, 0.4) is 0 Å². The fraction of sp³-hybridized carbons (Fsp3) is 0.0714. The number of fused-ring (bicyclic) bond motifs is 1. The highest BCUT2D eigenvalue weighted by molar-refractivity contribution is 5.88. The van der Waals surface area contributed by atoms with Gasteiger partial charge >= 0.3 is 5.97 Å². The fourth-order valence-electron chi connectivity index (χ4n) is 1.89. The Labute approximate surface area is 119 Å². The summed E-state index contributed by atoms with van der Waals surface area (Å²) < 4.78 is 7.17. The molecule has 0 aliphatic carbocycles. The fourth-order valence-corrected chi connectivity index (χ4v) is 1.89. The smallest absolute Gasteiger partial charge is 0.335 e. The lowest BCUT2D eigenvalue weighted by molar-refractivity contribution is 0.0697. The van der Waals surface area contributed by atoms with Gasteiger partial charge in [-0.25, -0.2) is 4.79 Å². The van der Waals surface area contributed by atoms with E-state index in [2.05, 4.69) is 10.2 Å². The summed E-state index contributed by atoms with van der Waals surface area (Å²) in [6.45, 7) is 0.150. The minimum atomic E-state index is -1.02. The third-order valence-electron chi connectivity index (χ3n) is 2.91. The number of ether oxygens (including phenoxy) is 1. The van der Waals surface area contributed by atoms with Crippen LogP contribution in [0.1, 0.15) is 16.2 Å². The van der Waals surface area contributed by atoms with Crippen molar-refractivity contribution in [1.82, 2.24) is 14.6 Å². The molecule has 0 bridgehead atoms. The Hall–Kier alpha value is -3.09. The van der Waals surface area contributed by atoms with Crippen molar-refractivity contribution in [2.45, 2.75) is 6.61 Å². The maximum atomic E-state index is 10.9. The second kappa shape index (κ2) is 5.12. The molecular formula is C14H11N3O4. The number of pyridine rings is 1. The van der Waals surface area contributed by atoms with Gasteiger partial charge in [0.1, 0.15) is 18.1 Å². The highest BCUT2D eigenvalue weighted by atomic mass is 16.5. The zero-order valence-electron chi connectivity index (χ0n) is 10.8. The number of carboxylic acids is 1. The molecule has 7 nitrogen and oxygen atoms in total. The average Bonchev–Trinajstić information content (AvgIpc) is 2.87. The molecular weight excluding hydrogens is 274 g/mol. The van der Waals surface area contributed by atoms with Gasteiger partial charge in [-0.3, -0.25) is 4.40 Å². The lowest BCUT2D eigenvalue weighted by atomic mass is 10.3. The summed E-state index contributed by atoms with van der Waals surface area (Å²) in [6, 6.07) is 9.33. The molecule has 0 amide bonds. The van der Waals surface area contributed by atoms with Crippen molar-refractivity contribution in [3.05, 3.63) is 54.0 Å². The van der Waals surface area contributed by atoms with E-state index in [4.69, 9.17) is 9.84 Å². The van der Waals surface area contributed by atoms with Gasteiger partial charge in [0.25, 0.3) is 0 Å². The topological polar surface area (TPSA) is 97.0 Å². The molecule has 0 unspecified atom stereocenters. The first-order valence-corrected chi connectivity index (χ1v) is 6.12. The van der Waals surface area contributed by atoms with Crippen LogP contribution in [0.2, 0.25) is 0 Å². The van der Waals surface area contributed by atoms with Crippen LogP contribution in [0.4, 0.5) is 0 Å². The van der Waals surface area contributed by atoms with Crippen LogP contribution < -0.4 is 4.74 Å². The number of rotatable bonds is 4. The standard InChI is InChI=1S/C14H11N3O4/c18-10-2-1-3-11(7-10)21-8-13-16-15-12-6-9(14(19)20)4-5-17(12)13/h1-7,18H,8H2,(H,19,20). The molecule has 7 heteroatoms. The molecule has 2 heterocycles. The minimum Gasteiger partial charge on any atom is -0.508 e. The Morgan fingerprint density at radius 1 is 1.24 bits per heavy atom. The van der Waals surface area contributed by atoms with Crippen molar-refractivity contribution in [1.29, 1.82) is 0 Å². The summed E-state index contributed by atoms with van der Waals surface area (Å²) in [4.78, 5) is 10.9. The van der Waals surface area contributed by atoms with Gasteiger partial charge in [0.15, 0.2) is 11.5 Å². The van der Waals surface area contributed by atoms with E-state index < -0.39 is 5.97 Å². The quantitative estimate of drug-likeness (QED) is 0.757. The highest BCUT2D eigenvalue weighted by Gasteiger charge is 2.09. The maximum absolute atomic E-state index is 10.9. The van der Waals surface area contributed by atoms with Crippen molar-refractivity contribution in [3.63, 3.8) is 0 Å². The van der Waals surface area contributed by atoms with Gasteiger partial charge in [-0.1, -0.05) is 6.07 Å². The molecule has 0 aliphatic heterocycles. The largest absolute Gasteiger partial charge is 0.508 e. The van der Waals surface area contributed by atoms with E-state index >= 15 is 0 Å². The Bertz CT molecular complexity index is 813. The maximum Gasteiger partial charge on any atom is 0.335 e. The zero-order chi connectivity index (χ0) is 14.8. The number of hydrogen-bond acceptors (Lipinski definition) is 5. The number of benzene rings is 1. The highest BCUT2D eigenvalue weighted by Crippen LogP contribution is 2.18. The lowest BCUT2D eigenvalue weighted by Crippen LogP contribution is -2.02. The van der Waals surface area contributed by atoms with Gasteiger partial charge in [0, 0.05) is 12.3 Å². The number of nitrogens with zero attached hydrogens (tertiary/aromatic N) is 3. The predicted octanol–water partition coefficient (Wildman–Crippen LogP) is 1.71. The summed E-state index contributed by atoms with van der Waals surface area (Å²) in [5.41, 5.74) is 0.583. The lowest BCUT2D eigenvalue weighted by Gasteiger charge is -2.05. The Morgan fingerprint density at radius 3 is 2.86 bits per heavy atom. The van der Waals surface area contributed by atoms with Gasteiger partial charge in [-0.05, 0) is 24.3 Å². The van der Waals surface area contributed by atoms with E-state index in [1.165, 1.54) is 18.2 Å². The molecule has 0 spiro atoms. The van der Waals surface area contributed by atoms with Crippen molar-refractivity contribution < 1.29 is 19.7 Å². The Balaban J connectivity index is 1.83. The van der Waals surface area contributed by atoms with E-state index in [0.29, 0.717) is 17.2 Å². The molecule has 1 aromatic carbocycles. The summed E-state index contributed by atoms with van der Waals surface area (Å²) >= 11 is 0. The van der Waals surface area contributed by atoms with Gasteiger partial charge in [-0.2, -0.15) is 0 Å². The molecule has 0 aliphatic rings. The van der Waals surface area contributed by atoms with Gasteiger partial charge < -0.3 is 14.9 Å². The normalized spacial score (nSPS) is 10.7. The number of aromatic carboxylic acids is 1. The molecule has 3 aromatic rings. The van der Waals surface area contributed by atoms with Crippen LogP contribution in [-0.4, -0.2) is 30.8 Å². The second-order valence-corrected chi connectivity index (χ2v) is 4.35. The number of phenolic OH excluding ortho intramolecular Hbond substituents is 1. The Kier molecular flexibility index (Phi) is 3.15. The molecule has 2 aromatic heterocycles. The molecule has 21 heavy (non-hydrogen) atoms. The monoisotopic (exact) mass is 285 g/mol. The van der Waals surface area contributed by atoms with E-state index in [1.54, 1.807) is 28.8 Å². The molecule has 2 N–H and O–H groups in total. The number of aromatic hydroxyl groups is 1. The van der Waals surface area contributed by atoms with Crippen LogP contribution in [0.15, 0.2) is 42.6 Å². The number of aromatic nitrogens is 3. The SMILES string of the molecule is O=C(O)c1ccn2c(COc3cccc(O)c3)nnc2c1. The predicted molar refractivity (Wildman–Crippen MR) is 72.4 cm³/mol. The number of hydrogen-bond donors (Lipinski definition) is 2. The Morgan fingerprint density at radius 2 is 2.10 bits per heavy atom. The third kappa shape index (κ3) is 2.62. The first-order valence-electron chi connectivity index (χ1n) is 6.12. The van der Waals surface area contributed by atoms with E-state index in [1.807, 2.05) is 0 Å². The average molecular weight is 285 g/mol. The second-order valence-electron chi connectivity index (χ2n) is 4.35. The summed E-state index contributed by atoms with van der Waals surface area (Å²) in [6.07, 6.45) is 1.58. The minimum absolute atomic E-state index is 0.115. The van der Waals surface area contributed by atoms with Crippen LogP contribution in [0.25, 0.3) is 5.65 Å². The first-order chi connectivity index (χ1) is 10.1. The zero-order valence-corrected chi connectivity index (χ0v) is 10.8. The number of carboxylic acid groups (broad SMARTS) is 1. The van der Waals surface area contributed by atoms with Crippen molar-refractivity contribution >= 4 is 11.6 Å². The molecule has 0 saturated heterocycles. The van der Waals surface area contributed by atoms with Crippen molar-refractivity contribution in [3.8, 4) is 11.5 Å². The molecule has 0 radical (unpaired) electrons. The van der Waals surface area contributed by atoms with Gasteiger partial charge in [0.05, 0.1) is 5.56 Å².